The number of carbonyl (C=O) groups excluding carboxylic acids is 3. The fraction of sp³-hybridized carbons (Fsp3) is 0.371. The van der Waals surface area contributed by atoms with E-state index in [1.165, 1.54) is 20.6 Å². The van der Waals surface area contributed by atoms with Crippen molar-refractivity contribution in [1.29, 1.82) is 0 Å². The van der Waals surface area contributed by atoms with Gasteiger partial charge in [0, 0.05) is 30.3 Å². The summed E-state index contributed by atoms with van der Waals surface area (Å²) in [5.41, 5.74) is 8.61. The number of halogens is 2. The molecule has 0 aliphatic heterocycles. The van der Waals surface area contributed by atoms with Crippen molar-refractivity contribution in [1.82, 2.24) is 4.90 Å². The summed E-state index contributed by atoms with van der Waals surface area (Å²) < 4.78 is 10.4. The van der Waals surface area contributed by atoms with Gasteiger partial charge in [-0.2, -0.15) is 0 Å². The molecule has 12 heteroatoms. The van der Waals surface area contributed by atoms with Crippen molar-refractivity contribution in [2.45, 2.75) is 70.5 Å². The van der Waals surface area contributed by atoms with Gasteiger partial charge in [-0.1, -0.05) is 60.7 Å². The van der Waals surface area contributed by atoms with Gasteiger partial charge in [0.05, 0.1) is 41.1 Å². The molecule has 3 aromatic rings. The number of aliphatic imine (C=N–C) groups is 1. The lowest BCUT2D eigenvalue weighted by Gasteiger charge is -2.37. The molecule has 4 rings (SSSR count). The second-order valence-corrected chi connectivity index (χ2v) is 12.5. The number of carbonyl (C=O) groups is 3. The topological polar surface area (TPSA) is 135 Å². The van der Waals surface area contributed by atoms with E-state index in [-0.39, 0.29) is 46.0 Å². The number of esters is 1. The third-order valence-corrected chi connectivity index (χ3v) is 8.71. The molecule has 1 aliphatic carbocycles. The van der Waals surface area contributed by atoms with Crippen LogP contribution >= 0.6 is 23.2 Å². The highest BCUT2D eigenvalue weighted by Crippen LogP contribution is 2.30. The molecular formula is C35H41Cl2N5O5. The van der Waals surface area contributed by atoms with Gasteiger partial charge in [-0.15, -0.1) is 0 Å². The zero-order chi connectivity index (χ0) is 34.1. The van der Waals surface area contributed by atoms with Crippen molar-refractivity contribution < 1.29 is 23.9 Å². The van der Waals surface area contributed by atoms with E-state index in [2.05, 4.69) is 15.6 Å². The van der Waals surface area contributed by atoms with E-state index in [1.807, 2.05) is 18.7 Å². The molecule has 4 N–H and O–H groups in total. The first-order valence-corrected chi connectivity index (χ1v) is 16.3. The minimum absolute atomic E-state index is 0.00363. The Hall–Kier alpha value is -4.28. The number of nitrogens with two attached hydrogens (primary N) is 1. The Labute approximate surface area is 285 Å². The molecule has 0 spiro atoms. The molecule has 3 aromatic carbocycles. The summed E-state index contributed by atoms with van der Waals surface area (Å²) >= 11 is 12.3. The van der Waals surface area contributed by atoms with Crippen molar-refractivity contribution in [2.24, 2.45) is 10.7 Å². The highest BCUT2D eigenvalue weighted by molar-refractivity contribution is 6.40. The van der Waals surface area contributed by atoms with E-state index in [0.29, 0.717) is 22.7 Å². The highest BCUT2D eigenvalue weighted by atomic mass is 35.5. The Morgan fingerprint density at radius 2 is 1.62 bits per heavy atom. The van der Waals surface area contributed by atoms with Gasteiger partial charge in [-0.05, 0) is 68.7 Å². The molecular weight excluding hydrogens is 641 g/mol. The van der Waals surface area contributed by atoms with Crippen molar-refractivity contribution in [3.8, 4) is 5.75 Å². The smallest absolute Gasteiger partial charge is 0.331 e. The molecule has 47 heavy (non-hydrogen) atoms. The highest BCUT2D eigenvalue weighted by Gasteiger charge is 2.30. The van der Waals surface area contributed by atoms with E-state index in [4.69, 9.17) is 38.4 Å². The summed E-state index contributed by atoms with van der Waals surface area (Å²) in [4.78, 5) is 45.9. The Bertz CT molecular complexity index is 1590. The summed E-state index contributed by atoms with van der Waals surface area (Å²) in [5.74, 6) is -0.699. The lowest BCUT2D eigenvalue weighted by atomic mass is 9.92. The SMILES string of the molecule is COC(=O)[C@H](Cc1ccc(NC(=O)c2c(Cl)cccc2Cl)cc1)N=C(N)Nc1cc(OC)ccc1C(=O)N(C(C)C)C1CCCCC1. The largest absolute Gasteiger partial charge is 0.497 e. The number of hydrogen-bond donors (Lipinski definition) is 3. The zero-order valence-corrected chi connectivity index (χ0v) is 28.5. The summed E-state index contributed by atoms with van der Waals surface area (Å²) in [6.07, 6.45) is 5.47. The van der Waals surface area contributed by atoms with Crippen molar-refractivity contribution in [3.63, 3.8) is 0 Å². The number of amides is 2. The van der Waals surface area contributed by atoms with Crippen LogP contribution in [0, 0.1) is 0 Å². The van der Waals surface area contributed by atoms with Gasteiger partial charge in [0.25, 0.3) is 11.8 Å². The van der Waals surface area contributed by atoms with Gasteiger partial charge in [-0.25, -0.2) is 9.79 Å². The van der Waals surface area contributed by atoms with Crippen molar-refractivity contribution >= 4 is 58.3 Å². The maximum atomic E-state index is 14.0. The molecule has 0 unspecified atom stereocenters. The molecule has 1 atom stereocenters. The van der Waals surface area contributed by atoms with Crippen LogP contribution in [0.4, 0.5) is 11.4 Å². The van der Waals surface area contributed by atoms with E-state index < -0.39 is 17.9 Å². The maximum Gasteiger partial charge on any atom is 0.331 e. The van der Waals surface area contributed by atoms with Crippen LogP contribution in [-0.4, -0.2) is 61.0 Å². The first-order valence-electron chi connectivity index (χ1n) is 15.6. The second-order valence-electron chi connectivity index (χ2n) is 11.6. The number of methoxy groups -OCH3 is 2. The number of rotatable bonds is 11. The van der Waals surface area contributed by atoms with Crippen LogP contribution in [0.2, 0.25) is 10.0 Å². The van der Waals surface area contributed by atoms with E-state index in [9.17, 15) is 14.4 Å². The number of hydrogen-bond acceptors (Lipinski definition) is 6. The van der Waals surface area contributed by atoms with Crippen LogP contribution in [-0.2, 0) is 16.0 Å². The van der Waals surface area contributed by atoms with Crippen LogP contribution in [0.25, 0.3) is 0 Å². The summed E-state index contributed by atoms with van der Waals surface area (Å²) in [5, 5.41) is 6.29. The molecule has 2 amide bonds. The van der Waals surface area contributed by atoms with Crippen LogP contribution in [0.3, 0.4) is 0 Å². The lowest BCUT2D eigenvalue weighted by Crippen LogP contribution is -2.46. The molecule has 0 aromatic heterocycles. The quantitative estimate of drug-likeness (QED) is 0.113. The number of anilines is 2. The Balaban J connectivity index is 1.53. The third kappa shape index (κ3) is 9.17. The average Bonchev–Trinajstić information content (AvgIpc) is 3.05. The number of guanidine groups is 1. The molecule has 1 saturated carbocycles. The van der Waals surface area contributed by atoms with E-state index in [1.54, 1.807) is 60.7 Å². The number of benzene rings is 3. The zero-order valence-electron chi connectivity index (χ0n) is 27.0. The van der Waals surface area contributed by atoms with Crippen molar-refractivity contribution in [2.75, 3.05) is 24.9 Å². The van der Waals surface area contributed by atoms with Crippen LogP contribution < -0.4 is 21.1 Å². The van der Waals surface area contributed by atoms with E-state index in [0.717, 1.165) is 31.2 Å². The Morgan fingerprint density at radius 1 is 0.957 bits per heavy atom. The minimum Gasteiger partial charge on any atom is -0.497 e. The fourth-order valence-corrected chi connectivity index (χ4v) is 6.34. The van der Waals surface area contributed by atoms with Crippen LogP contribution in [0.1, 0.15) is 72.2 Å². The molecule has 0 saturated heterocycles. The first-order chi connectivity index (χ1) is 22.5. The number of ether oxygens (including phenoxy) is 2. The van der Waals surface area contributed by atoms with Gasteiger partial charge in [0.2, 0.25) is 0 Å². The lowest BCUT2D eigenvalue weighted by molar-refractivity contribution is -0.142. The molecule has 0 radical (unpaired) electrons. The predicted molar refractivity (Wildman–Crippen MR) is 187 cm³/mol. The normalized spacial score (nSPS) is 14.3. The third-order valence-electron chi connectivity index (χ3n) is 8.08. The first kappa shape index (κ1) is 35.6. The summed E-state index contributed by atoms with van der Waals surface area (Å²) in [7, 11) is 2.81. The minimum atomic E-state index is -0.992. The van der Waals surface area contributed by atoms with Gasteiger partial charge in [-0.3, -0.25) is 9.59 Å². The number of nitrogens with one attached hydrogen (secondary N) is 2. The average molecular weight is 683 g/mol. The van der Waals surface area contributed by atoms with Gasteiger partial charge < -0.3 is 30.7 Å². The molecule has 0 bridgehead atoms. The predicted octanol–water partition coefficient (Wildman–Crippen LogP) is 6.95. The van der Waals surface area contributed by atoms with Crippen LogP contribution in [0.5, 0.6) is 5.75 Å². The Morgan fingerprint density at radius 3 is 2.21 bits per heavy atom. The summed E-state index contributed by atoms with van der Waals surface area (Å²) in [6.45, 7) is 4.05. The van der Waals surface area contributed by atoms with E-state index >= 15 is 0 Å². The van der Waals surface area contributed by atoms with Gasteiger partial charge in [0.1, 0.15) is 5.75 Å². The fourth-order valence-electron chi connectivity index (χ4n) is 5.77. The standard InChI is InChI=1S/C35H41Cl2N5O5/c1-21(2)42(24-9-6-5-7-10-24)33(44)26-18-17-25(46-3)20-29(26)40-35(38)41-30(34(45)47-4)19-22-13-15-23(16-14-22)39-32(43)31-27(36)11-8-12-28(31)37/h8,11-18,20-21,24,30H,5-7,9-10,19H2,1-4H3,(H,39,43)(H3,38,40,41)/t30-/m0/s1. The second kappa shape index (κ2) is 16.5. The number of nitrogens with zero attached hydrogens (tertiary/aromatic N) is 2. The summed E-state index contributed by atoms with van der Waals surface area (Å²) in [6, 6.07) is 16.0. The van der Waals surface area contributed by atoms with Crippen LogP contribution in [0.15, 0.2) is 65.7 Å². The molecule has 1 aliphatic rings. The monoisotopic (exact) mass is 681 g/mol. The van der Waals surface area contributed by atoms with Gasteiger partial charge in [0.15, 0.2) is 12.0 Å². The molecule has 250 valence electrons. The molecule has 1 fully saturated rings. The molecule has 0 heterocycles. The van der Waals surface area contributed by atoms with Crippen molar-refractivity contribution in [3.05, 3.63) is 87.4 Å². The maximum absolute atomic E-state index is 14.0. The molecule has 10 nitrogen and oxygen atoms in total. The van der Waals surface area contributed by atoms with Gasteiger partial charge >= 0.3 is 5.97 Å². The Kier molecular flexibility index (Phi) is 12.5.